The molecule has 0 aliphatic heterocycles. The van der Waals surface area contributed by atoms with Gasteiger partial charge in [-0.15, -0.1) is 11.3 Å². The molecule has 1 aromatic heterocycles. The Bertz CT molecular complexity index is 597. The van der Waals surface area contributed by atoms with Crippen LogP contribution in [0.25, 0.3) is 6.08 Å². The van der Waals surface area contributed by atoms with Crippen LogP contribution < -0.4 is 0 Å². The lowest BCUT2D eigenvalue weighted by atomic mass is 10.1. The number of aliphatic hydroxyl groups excluding tert-OH is 1. The van der Waals surface area contributed by atoms with E-state index in [9.17, 15) is 5.11 Å². The molecule has 0 radical (unpaired) electrons. The minimum Gasteiger partial charge on any atom is -0.410 e. The van der Waals surface area contributed by atoms with Crippen LogP contribution in [0, 0.1) is 6.92 Å². The van der Waals surface area contributed by atoms with Crippen molar-refractivity contribution in [1.82, 2.24) is 4.98 Å². The molecular weight excluding hydrogens is 334 g/mol. The number of nitrogens with zero attached hydrogens (tertiary/aromatic N) is 1. The summed E-state index contributed by atoms with van der Waals surface area (Å²) in [5.41, 5.74) is 3.17. The molecule has 3 nitrogen and oxygen atoms in total. The topological polar surface area (TPSA) is 42.4 Å². The number of rotatable bonds is 7. The van der Waals surface area contributed by atoms with E-state index in [-0.39, 0.29) is 17.7 Å². The molecule has 0 unspecified atom stereocenters. The Hall–Kier alpha value is -0.753. The first-order chi connectivity index (χ1) is 11.0. The van der Waals surface area contributed by atoms with Crippen LogP contribution in [0.4, 0.5) is 0 Å². The predicted molar refractivity (Wildman–Crippen MR) is 108 cm³/mol. The van der Waals surface area contributed by atoms with Crippen LogP contribution in [-0.4, -0.2) is 31.1 Å². The van der Waals surface area contributed by atoms with Gasteiger partial charge in [-0.3, -0.25) is 0 Å². The SMILES string of the molecule is C/C(=C/C[C@@H](O[Si](C)(C)C(C)(C)C)/C(C)=C/c1csc(C)n1)CO. The smallest absolute Gasteiger partial charge is 0.192 e. The van der Waals surface area contributed by atoms with Gasteiger partial charge in [0, 0.05) is 5.38 Å². The number of hydrogen-bond acceptors (Lipinski definition) is 4. The molecule has 0 aromatic carbocycles. The van der Waals surface area contributed by atoms with Crippen molar-refractivity contribution in [2.24, 2.45) is 0 Å². The molecule has 0 amide bonds. The summed E-state index contributed by atoms with van der Waals surface area (Å²) >= 11 is 1.66. The highest BCUT2D eigenvalue weighted by atomic mass is 32.1. The Morgan fingerprint density at radius 3 is 2.46 bits per heavy atom. The van der Waals surface area contributed by atoms with Crippen molar-refractivity contribution >= 4 is 25.7 Å². The fraction of sp³-hybridized carbons (Fsp3) is 0.632. The van der Waals surface area contributed by atoms with Crippen LogP contribution in [0.3, 0.4) is 0 Å². The maximum atomic E-state index is 9.26. The zero-order valence-electron chi connectivity index (χ0n) is 16.4. The van der Waals surface area contributed by atoms with E-state index in [4.69, 9.17) is 4.43 Å². The zero-order valence-corrected chi connectivity index (χ0v) is 18.3. The van der Waals surface area contributed by atoms with E-state index in [1.165, 1.54) is 5.57 Å². The zero-order chi connectivity index (χ0) is 18.5. The molecule has 0 fully saturated rings. The van der Waals surface area contributed by atoms with Crippen molar-refractivity contribution in [2.45, 2.75) is 72.2 Å². The van der Waals surface area contributed by atoms with Crippen molar-refractivity contribution in [3.05, 3.63) is 33.3 Å². The molecule has 0 aliphatic carbocycles. The van der Waals surface area contributed by atoms with Gasteiger partial charge in [0.1, 0.15) is 0 Å². The van der Waals surface area contributed by atoms with Gasteiger partial charge in [0.2, 0.25) is 0 Å². The molecule has 0 spiro atoms. The summed E-state index contributed by atoms with van der Waals surface area (Å²) in [7, 11) is -1.88. The molecule has 0 bridgehead atoms. The van der Waals surface area contributed by atoms with Gasteiger partial charge in [0.05, 0.1) is 23.4 Å². The summed E-state index contributed by atoms with van der Waals surface area (Å²) in [6.07, 6.45) is 5.02. The molecule has 1 N–H and O–H groups in total. The molecule has 0 saturated carbocycles. The van der Waals surface area contributed by atoms with Crippen LogP contribution in [-0.2, 0) is 4.43 Å². The number of thiazole rings is 1. The highest BCUT2D eigenvalue weighted by Crippen LogP contribution is 2.38. The Morgan fingerprint density at radius 2 is 2.00 bits per heavy atom. The van der Waals surface area contributed by atoms with E-state index in [0.717, 1.165) is 22.7 Å². The fourth-order valence-electron chi connectivity index (χ4n) is 2.00. The summed E-state index contributed by atoms with van der Waals surface area (Å²) < 4.78 is 6.66. The van der Waals surface area contributed by atoms with Gasteiger partial charge in [-0.05, 0) is 57.0 Å². The molecule has 24 heavy (non-hydrogen) atoms. The molecule has 0 saturated heterocycles. The molecule has 136 valence electrons. The summed E-state index contributed by atoms with van der Waals surface area (Å²) in [6, 6.07) is 0. The normalized spacial score (nSPS) is 15.7. The monoisotopic (exact) mass is 367 g/mol. The summed E-state index contributed by atoms with van der Waals surface area (Å²) in [4.78, 5) is 4.53. The van der Waals surface area contributed by atoms with Crippen molar-refractivity contribution in [2.75, 3.05) is 6.61 Å². The first-order valence-corrected chi connectivity index (χ1v) is 12.3. The third-order valence-corrected chi connectivity index (χ3v) is 9.97. The van der Waals surface area contributed by atoms with E-state index in [0.29, 0.717) is 0 Å². The molecular formula is C19H33NO2SSi. The molecule has 1 heterocycles. The van der Waals surface area contributed by atoms with E-state index in [1.54, 1.807) is 11.3 Å². The Labute approximate surface area is 152 Å². The van der Waals surface area contributed by atoms with Gasteiger partial charge < -0.3 is 9.53 Å². The first kappa shape index (κ1) is 21.3. The van der Waals surface area contributed by atoms with Gasteiger partial charge >= 0.3 is 0 Å². The maximum Gasteiger partial charge on any atom is 0.192 e. The van der Waals surface area contributed by atoms with Crippen LogP contribution in [0.5, 0.6) is 0 Å². The van der Waals surface area contributed by atoms with Crippen molar-refractivity contribution in [3.8, 4) is 0 Å². The van der Waals surface area contributed by atoms with Gasteiger partial charge in [0.15, 0.2) is 8.32 Å². The number of aryl methyl sites for hydroxylation is 1. The summed E-state index contributed by atoms with van der Waals surface area (Å²) in [5.74, 6) is 0. The predicted octanol–water partition coefficient (Wildman–Crippen LogP) is 5.57. The average molecular weight is 368 g/mol. The van der Waals surface area contributed by atoms with Crippen LogP contribution in [0.1, 0.15) is 51.7 Å². The number of aliphatic hydroxyl groups is 1. The van der Waals surface area contributed by atoms with Gasteiger partial charge in [0.25, 0.3) is 0 Å². The second-order valence-electron chi connectivity index (χ2n) is 7.99. The minimum atomic E-state index is -1.88. The summed E-state index contributed by atoms with van der Waals surface area (Å²) in [5, 5.41) is 12.6. The minimum absolute atomic E-state index is 0.0226. The van der Waals surface area contributed by atoms with Gasteiger partial charge in [-0.25, -0.2) is 4.98 Å². The lowest BCUT2D eigenvalue weighted by molar-refractivity contribution is 0.217. The molecule has 1 atom stereocenters. The fourth-order valence-corrected chi connectivity index (χ4v) is 3.92. The number of aromatic nitrogens is 1. The first-order valence-electron chi connectivity index (χ1n) is 8.51. The molecule has 1 aromatic rings. The lowest BCUT2D eigenvalue weighted by Gasteiger charge is -2.39. The van der Waals surface area contributed by atoms with E-state index < -0.39 is 8.32 Å². The van der Waals surface area contributed by atoms with Crippen LogP contribution >= 0.6 is 11.3 Å². The third kappa shape index (κ3) is 6.28. The van der Waals surface area contributed by atoms with Crippen LogP contribution in [0.15, 0.2) is 22.6 Å². The van der Waals surface area contributed by atoms with E-state index >= 15 is 0 Å². The highest BCUT2D eigenvalue weighted by Gasteiger charge is 2.39. The van der Waals surface area contributed by atoms with Crippen molar-refractivity contribution in [1.29, 1.82) is 0 Å². The Morgan fingerprint density at radius 1 is 1.38 bits per heavy atom. The standard InChI is InChI=1S/C19H33NO2SSi/c1-14(12-21)9-10-18(22-24(7,8)19(4,5)6)15(2)11-17-13-23-16(3)20-17/h9,11,13,18,21H,10,12H2,1-8H3/b14-9-,15-11+/t18-/m1/s1. The quantitative estimate of drug-likeness (QED) is 0.506. The van der Waals surface area contributed by atoms with Crippen molar-refractivity contribution in [3.63, 3.8) is 0 Å². The second kappa shape index (κ2) is 8.56. The second-order valence-corrected chi connectivity index (χ2v) is 13.8. The third-order valence-electron chi connectivity index (χ3n) is 4.69. The largest absolute Gasteiger partial charge is 0.410 e. The van der Waals surface area contributed by atoms with E-state index in [1.807, 2.05) is 13.8 Å². The van der Waals surface area contributed by atoms with Gasteiger partial charge in [-0.1, -0.05) is 32.4 Å². The molecule has 0 aliphatic rings. The summed E-state index contributed by atoms with van der Waals surface area (Å²) in [6.45, 7) is 17.5. The Kier molecular flexibility index (Phi) is 7.60. The van der Waals surface area contributed by atoms with Crippen LogP contribution in [0.2, 0.25) is 18.1 Å². The number of hydrogen-bond donors (Lipinski definition) is 1. The Balaban J connectivity index is 3.06. The maximum absolute atomic E-state index is 9.26. The average Bonchev–Trinajstić information content (AvgIpc) is 2.86. The highest BCUT2D eigenvalue weighted by molar-refractivity contribution is 7.09. The molecule has 1 rings (SSSR count). The van der Waals surface area contributed by atoms with Gasteiger partial charge in [-0.2, -0.15) is 0 Å². The van der Waals surface area contributed by atoms with E-state index in [2.05, 4.69) is 63.3 Å². The molecule has 5 heteroatoms. The van der Waals surface area contributed by atoms with Crippen molar-refractivity contribution < 1.29 is 9.53 Å². The lowest BCUT2D eigenvalue weighted by Crippen LogP contribution is -2.44.